The number of carbonyl (C=O) groups excluding carboxylic acids is 1. The summed E-state index contributed by atoms with van der Waals surface area (Å²) in [6.45, 7) is 0.476. The van der Waals surface area contributed by atoms with Gasteiger partial charge >= 0.3 is 0 Å². The molecule has 1 aliphatic rings. The summed E-state index contributed by atoms with van der Waals surface area (Å²) in [5, 5.41) is 4.41. The summed E-state index contributed by atoms with van der Waals surface area (Å²) in [5.41, 5.74) is 1.33. The third kappa shape index (κ3) is 2.90. The van der Waals surface area contributed by atoms with Crippen molar-refractivity contribution in [1.82, 2.24) is 10.3 Å². The Kier molecular flexibility index (Phi) is 3.78. The fourth-order valence-corrected chi connectivity index (χ4v) is 2.89. The molecule has 6 heteroatoms. The van der Waals surface area contributed by atoms with Crippen LogP contribution in [0.2, 0.25) is 5.02 Å². The van der Waals surface area contributed by atoms with E-state index in [-0.39, 0.29) is 5.91 Å². The average molecular weight is 343 g/mol. The van der Waals surface area contributed by atoms with Crippen LogP contribution in [0.1, 0.15) is 16.9 Å². The first-order valence-corrected chi connectivity index (χ1v) is 8.04. The maximum atomic E-state index is 12.5. The Labute approximate surface area is 143 Å². The molecular weight excluding hydrogens is 328 g/mol. The Morgan fingerprint density at radius 3 is 2.88 bits per heavy atom. The minimum Gasteiger partial charge on any atom is -0.489 e. The lowest BCUT2D eigenvalue weighted by atomic mass is 10.2. The smallest absolute Gasteiger partial charge is 0.270 e. The molecule has 0 saturated carbocycles. The van der Waals surface area contributed by atoms with Gasteiger partial charge in [0.1, 0.15) is 5.69 Å². The monoisotopic (exact) mass is 342 g/mol. The molecule has 0 saturated heterocycles. The van der Waals surface area contributed by atoms with E-state index in [1.807, 2.05) is 36.4 Å². The molecule has 0 spiro atoms. The standard InChI is InChI=1S/C18H15ClN2O3/c19-12-5-6-13-11(9-12)10-14(20-13)18(22)21-17-7-8-23-15-3-1-2-4-16(15)24-17/h1-6,9-10,17,20H,7-8H2,(H,21,22). The van der Waals surface area contributed by atoms with Crippen LogP contribution in [0.25, 0.3) is 10.9 Å². The van der Waals surface area contributed by atoms with Gasteiger partial charge in [-0.25, -0.2) is 0 Å². The zero-order valence-corrected chi connectivity index (χ0v) is 13.5. The highest BCUT2D eigenvalue weighted by molar-refractivity contribution is 6.31. The highest BCUT2D eigenvalue weighted by atomic mass is 35.5. The van der Waals surface area contributed by atoms with E-state index in [4.69, 9.17) is 21.1 Å². The van der Waals surface area contributed by atoms with Crippen LogP contribution in [-0.4, -0.2) is 23.7 Å². The Morgan fingerprint density at radius 2 is 2.00 bits per heavy atom. The molecule has 1 aromatic heterocycles. The molecule has 0 radical (unpaired) electrons. The van der Waals surface area contributed by atoms with Gasteiger partial charge in [0, 0.05) is 22.3 Å². The minimum absolute atomic E-state index is 0.230. The molecule has 5 nitrogen and oxygen atoms in total. The zero-order chi connectivity index (χ0) is 16.5. The molecule has 3 aromatic rings. The first-order valence-electron chi connectivity index (χ1n) is 7.67. The zero-order valence-electron chi connectivity index (χ0n) is 12.7. The lowest BCUT2D eigenvalue weighted by Crippen LogP contribution is -2.39. The van der Waals surface area contributed by atoms with Gasteiger partial charge in [-0.15, -0.1) is 0 Å². The highest BCUT2D eigenvalue weighted by Crippen LogP contribution is 2.30. The molecular formula is C18H15ClN2O3. The second-order valence-corrected chi connectivity index (χ2v) is 6.01. The van der Waals surface area contributed by atoms with E-state index in [2.05, 4.69) is 10.3 Å². The second-order valence-electron chi connectivity index (χ2n) is 5.58. The van der Waals surface area contributed by atoms with E-state index < -0.39 is 6.23 Å². The normalized spacial score (nSPS) is 16.6. The van der Waals surface area contributed by atoms with Gasteiger partial charge in [-0.1, -0.05) is 23.7 Å². The Hall–Kier alpha value is -2.66. The minimum atomic E-state index is -0.448. The molecule has 0 aliphatic carbocycles. The van der Waals surface area contributed by atoms with Gasteiger partial charge in [-0.2, -0.15) is 0 Å². The Bertz CT molecular complexity index is 906. The van der Waals surface area contributed by atoms with Gasteiger partial charge in [0.25, 0.3) is 5.91 Å². The van der Waals surface area contributed by atoms with Gasteiger partial charge in [0.15, 0.2) is 17.7 Å². The quantitative estimate of drug-likeness (QED) is 0.745. The molecule has 24 heavy (non-hydrogen) atoms. The number of fused-ring (bicyclic) bond motifs is 2. The number of ether oxygens (including phenoxy) is 2. The number of rotatable bonds is 2. The van der Waals surface area contributed by atoms with Crippen molar-refractivity contribution in [2.24, 2.45) is 0 Å². The number of H-pyrrole nitrogens is 1. The Balaban J connectivity index is 1.52. The Morgan fingerprint density at radius 1 is 1.17 bits per heavy atom. The maximum absolute atomic E-state index is 12.5. The van der Waals surface area contributed by atoms with E-state index in [1.165, 1.54) is 0 Å². The largest absolute Gasteiger partial charge is 0.489 e. The number of para-hydroxylation sites is 2. The van der Waals surface area contributed by atoms with Crippen molar-refractivity contribution in [2.45, 2.75) is 12.6 Å². The van der Waals surface area contributed by atoms with Gasteiger partial charge < -0.3 is 19.8 Å². The van der Waals surface area contributed by atoms with E-state index in [9.17, 15) is 4.79 Å². The van der Waals surface area contributed by atoms with Gasteiger partial charge in [-0.3, -0.25) is 4.79 Å². The van der Waals surface area contributed by atoms with Gasteiger partial charge in [0.05, 0.1) is 6.61 Å². The third-order valence-electron chi connectivity index (χ3n) is 3.88. The van der Waals surface area contributed by atoms with Gasteiger partial charge in [-0.05, 0) is 36.4 Å². The molecule has 4 rings (SSSR count). The van der Waals surface area contributed by atoms with Crippen molar-refractivity contribution in [3.05, 3.63) is 59.2 Å². The SMILES string of the molecule is O=C(NC1CCOc2ccccc2O1)c1cc2cc(Cl)ccc2[nH]1. The molecule has 0 fully saturated rings. The van der Waals surface area contributed by atoms with Crippen LogP contribution >= 0.6 is 11.6 Å². The first kappa shape index (κ1) is 14.9. The average Bonchev–Trinajstić information content (AvgIpc) is 2.88. The summed E-state index contributed by atoms with van der Waals surface area (Å²) in [6.07, 6.45) is 0.114. The summed E-state index contributed by atoms with van der Waals surface area (Å²) in [7, 11) is 0. The topological polar surface area (TPSA) is 63.4 Å². The summed E-state index contributed by atoms with van der Waals surface area (Å²) < 4.78 is 11.5. The second kappa shape index (κ2) is 6.09. The van der Waals surface area contributed by atoms with Crippen molar-refractivity contribution < 1.29 is 14.3 Å². The third-order valence-corrected chi connectivity index (χ3v) is 4.11. The number of amides is 1. The number of hydrogen-bond acceptors (Lipinski definition) is 3. The first-order chi connectivity index (χ1) is 11.7. The number of aromatic nitrogens is 1. The van der Waals surface area contributed by atoms with Crippen LogP contribution in [0.4, 0.5) is 0 Å². The van der Waals surface area contributed by atoms with Crippen LogP contribution in [0, 0.1) is 0 Å². The van der Waals surface area contributed by atoms with Gasteiger partial charge in [0.2, 0.25) is 0 Å². The summed E-state index contributed by atoms with van der Waals surface area (Å²) in [5.74, 6) is 1.09. The van der Waals surface area contributed by atoms with Crippen molar-refractivity contribution in [2.75, 3.05) is 6.61 Å². The lowest BCUT2D eigenvalue weighted by Gasteiger charge is -2.17. The molecule has 1 aliphatic heterocycles. The molecule has 2 N–H and O–H groups in total. The van der Waals surface area contributed by atoms with Crippen molar-refractivity contribution in [3.63, 3.8) is 0 Å². The van der Waals surface area contributed by atoms with Crippen molar-refractivity contribution in [3.8, 4) is 11.5 Å². The number of nitrogens with one attached hydrogen (secondary N) is 2. The van der Waals surface area contributed by atoms with Crippen LogP contribution in [0.5, 0.6) is 11.5 Å². The predicted molar refractivity (Wildman–Crippen MR) is 91.7 cm³/mol. The summed E-state index contributed by atoms with van der Waals surface area (Å²) >= 11 is 5.98. The van der Waals surface area contributed by atoms with E-state index in [1.54, 1.807) is 12.1 Å². The van der Waals surface area contributed by atoms with Crippen LogP contribution < -0.4 is 14.8 Å². The molecule has 1 amide bonds. The molecule has 122 valence electrons. The maximum Gasteiger partial charge on any atom is 0.270 e. The molecule has 0 bridgehead atoms. The number of aromatic amines is 1. The van der Waals surface area contributed by atoms with E-state index in [0.717, 1.165) is 10.9 Å². The van der Waals surface area contributed by atoms with Crippen LogP contribution in [-0.2, 0) is 0 Å². The van der Waals surface area contributed by atoms with E-state index in [0.29, 0.717) is 35.2 Å². The lowest BCUT2D eigenvalue weighted by molar-refractivity contribution is 0.0814. The number of carbonyl (C=O) groups is 1. The van der Waals surface area contributed by atoms with Crippen molar-refractivity contribution in [1.29, 1.82) is 0 Å². The molecule has 2 heterocycles. The number of benzene rings is 2. The molecule has 1 atom stereocenters. The summed E-state index contributed by atoms with van der Waals surface area (Å²) in [6, 6.07) is 14.6. The van der Waals surface area contributed by atoms with Crippen molar-refractivity contribution >= 4 is 28.4 Å². The van der Waals surface area contributed by atoms with Crippen LogP contribution in [0.15, 0.2) is 48.5 Å². The number of halogens is 1. The number of hydrogen-bond donors (Lipinski definition) is 2. The highest BCUT2D eigenvalue weighted by Gasteiger charge is 2.21. The fraction of sp³-hybridized carbons (Fsp3) is 0.167. The molecule has 2 aromatic carbocycles. The fourth-order valence-electron chi connectivity index (χ4n) is 2.71. The van der Waals surface area contributed by atoms with E-state index >= 15 is 0 Å². The predicted octanol–water partition coefficient (Wildman–Crippen LogP) is 3.74. The summed E-state index contributed by atoms with van der Waals surface area (Å²) in [4.78, 5) is 15.6. The van der Waals surface area contributed by atoms with Crippen LogP contribution in [0.3, 0.4) is 0 Å². The molecule has 1 unspecified atom stereocenters.